The first-order valence-electron chi connectivity index (χ1n) is 9.21. The Morgan fingerprint density at radius 1 is 0.900 bits per heavy atom. The summed E-state index contributed by atoms with van der Waals surface area (Å²) >= 11 is 0. The second-order valence-electron chi connectivity index (χ2n) is 6.56. The third-order valence-corrected chi connectivity index (χ3v) is 4.57. The van der Waals surface area contributed by atoms with Crippen LogP contribution in [0, 0.1) is 11.3 Å². The zero-order valence-electron chi connectivity index (χ0n) is 15.8. The van der Waals surface area contributed by atoms with Crippen LogP contribution in [0.4, 0.5) is 5.69 Å². The monoisotopic (exact) mass is 399 g/mol. The fourth-order valence-electron chi connectivity index (χ4n) is 3.02. The first kappa shape index (κ1) is 19.0. The summed E-state index contributed by atoms with van der Waals surface area (Å²) in [6, 6.07) is 20.6. The Bertz CT molecular complexity index is 1170. The molecule has 0 spiro atoms. The van der Waals surface area contributed by atoms with Gasteiger partial charge in [-0.25, -0.2) is 0 Å². The molecular formula is C23H17N3O4. The first-order valence-corrected chi connectivity index (χ1v) is 9.21. The Kier molecular flexibility index (Phi) is 5.31. The van der Waals surface area contributed by atoms with Crippen molar-refractivity contribution in [2.75, 3.05) is 12.1 Å². The van der Waals surface area contributed by atoms with Crippen LogP contribution in [0.5, 0.6) is 11.5 Å². The predicted octanol–water partition coefficient (Wildman–Crippen LogP) is 3.47. The van der Waals surface area contributed by atoms with E-state index in [1.54, 1.807) is 48.5 Å². The van der Waals surface area contributed by atoms with Gasteiger partial charge in [-0.2, -0.15) is 5.26 Å². The van der Waals surface area contributed by atoms with E-state index in [0.717, 1.165) is 5.56 Å². The lowest BCUT2D eigenvalue weighted by molar-refractivity contribution is 0.0951. The second kappa shape index (κ2) is 8.37. The third-order valence-electron chi connectivity index (χ3n) is 4.57. The van der Waals surface area contributed by atoms with E-state index in [9.17, 15) is 9.59 Å². The molecule has 1 aliphatic heterocycles. The molecule has 148 valence electrons. The molecule has 0 saturated carbocycles. The van der Waals surface area contributed by atoms with Crippen molar-refractivity contribution in [3.05, 3.63) is 89.0 Å². The van der Waals surface area contributed by atoms with Crippen LogP contribution in [0.1, 0.15) is 31.8 Å². The molecule has 0 fully saturated rings. The zero-order valence-corrected chi connectivity index (χ0v) is 15.8. The van der Waals surface area contributed by atoms with Gasteiger partial charge in [-0.1, -0.05) is 24.3 Å². The number of fused-ring (bicyclic) bond motifs is 1. The number of para-hydroxylation sites is 1. The van der Waals surface area contributed by atoms with Gasteiger partial charge in [-0.3, -0.25) is 9.59 Å². The summed E-state index contributed by atoms with van der Waals surface area (Å²) in [7, 11) is 0. The van der Waals surface area contributed by atoms with E-state index in [1.165, 1.54) is 6.07 Å². The first-order chi connectivity index (χ1) is 14.6. The molecule has 7 nitrogen and oxygen atoms in total. The molecule has 1 heterocycles. The largest absolute Gasteiger partial charge is 0.454 e. The van der Waals surface area contributed by atoms with Gasteiger partial charge in [0.05, 0.1) is 11.3 Å². The van der Waals surface area contributed by atoms with Crippen molar-refractivity contribution in [3.63, 3.8) is 0 Å². The molecule has 0 saturated heterocycles. The standard InChI is InChI=1S/C23H17N3O4/c24-12-18-4-1-2-7-19(18)26-23(28)17-6-3-5-16(11-17)22(27)25-13-15-8-9-20-21(10-15)30-14-29-20/h1-11H,13-14H2,(H,25,27)(H,26,28). The van der Waals surface area contributed by atoms with Crippen LogP contribution in [0.2, 0.25) is 0 Å². The summed E-state index contributed by atoms with van der Waals surface area (Å²) in [5.74, 6) is 0.627. The fraction of sp³-hybridized carbons (Fsp3) is 0.0870. The molecule has 1 aliphatic rings. The minimum atomic E-state index is -0.400. The van der Waals surface area contributed by atoms with Crippen molar-refractivity contribution in [1.82, 2.24) is 5.32 Å². The summed E-state index contributed by atoms with van der Waals surface area (Å²) < 4.78 is 10.6. The van der Waals surface area contributed by atoms with Gasteiger partial charge in [-0.05, 0) is 48.0 Å². The average Bonchev–Trinajstić information content (AvgIpc) is 3.26. The topological polar surface area (TPSA) is 100 Å². The van der Waals surface area contributed by atoms with Crippen LogP contribution < -0.4 is 20.1 Å². The number of hydrogen-bond donors (Lipinski definition) is 2. The molecule has 0 aromatic heterocycles. The van der Waals surface area contributed by atoms with Crippen LogP contribution in [0.3, 0.4) is 0 Å². The third kappa shape index (κ3) is 4.08. The number of nitrogens with one attached hydrogen (secondary N) is 2. The molecule has 3 aromatic rings. The lowest BCUT2D eigenvalue weighted by atomic mass is 10.1. The molecule has 4 rings (SSSR count). The molecule has 0 atom stereocenters. The van der Waals surface area contributed by atoms with E-state index >= 15 is 0 Å². The van der Waals surface area contributed by atoms with Crippen molar-refractivity contribution < 1.29 is 19.1 Å². The van der Waals surface area contributed by atoms with Gasteiger partial charge in [0, 0.05) is 17.7 Å². The van der Waals surface area contributed by atoms with E-state index < -0.39 is 5.91 Å². The maximum absolute atomic E-state index is 12.6. The minimum Gasteiger partial charge on any atom is -0.454 e. The molecule has 3 aromatic carbocycles. The van der Waals surface area contributed by atoms with Crippen molar-refractivity contribution in [2.24, 2.45) is 0 Å². The average molecular weight is 399 g/mol. The highest BCUT2D eigenvalue weighted by molar-refractivity contribution is 6.06. The summed E-state index contributed by atoms with van der Waals surface area (Å²) in [6.45, 7) is 0.500. The molecule has 0 aliphatic carbocycles. The maximum Gasteiger partial charge on any atom is 0.255 e. The van der Waals surface area contributed by atoms with Gasteiger partial charge < -0.3 is 20.1 Å². The van der Waals surface area contributed by atoms with Crippen LogP contribution in [-0.2, 0) is 6.54 Å². The second-order valence-corrected chi connectivity index (χ2v) is 6.56. The molecular weight excluding hydrogens is 382 g/mol. The summed E-state index contributed by atoms with van der Waals surface area (Å²) in [6.07, 6.45) is 0. The number of amides is 2. The maximum atomic E-state index is 12.6. The number of nitriles is 1. The molecule has 0 radical (unpaired) electrons. The molecule has 30 heavy (non-hydrogen) atoms. The molecule has 2 N–H and O–H groups in total. The van der Waals surface area contributed by atoms with E-state index in [4.69, 9.17) is 14.7 Å². The number of benzene rings is 3. The van der Waals surface area contributed by atoms with Crippen molar-refractivity contribution in [2.45, 2.75) is 6.54 Å². The van der Waals surface area contributed by atoms with Crippen LogP contribution in [0.15, 0.2) is 66.7 Å². The van der Waals surface area contributed by atoms with Gasteiger partial charge in [0.2, 0.25) is 6.79 Å². The predicted molar refractivity (Wildman–Crippen MR) is 109 cm³/mol. The van der Waals surface area contributed by atoms with Gasteiger partial charge >= 0.3 is 0 Å². The molecule has 7 heteroatoms. The Labute approximate surface area is 172 Å². The van der Waals surface area contributed by atoms with Crippen LogP contribution in [0.25, 0.3) is 0 Å². The Balaban J connectivity index is 1.43. The summed E-state index contributed by atoms with van der Waals surface area (Å²) in [5, 5.41) is 14.7. The van der Waals surface area contributed by atoms with Crippen molar-refractivity contribution in [1.29, 1.82) is 5.26 Å². The minimum absolute atomic E-state index is 0.193. The van der Waals surface area contributed by atoms with E-state index in [1.807, 2.05) is 18.2 Å². The molecule has 0 unspecified atom stereocenters. The van der Waals surface area contributed by atoms with Crippen molar-refractivity contribution in [3.8, 4) is 17.6 Å². The smallest absolute Gasteiger partial charge is 0.255 e. The zero-order chi connectivity index (χ0) is 20.9. The van der Waals surface area contributed by atoms with Crippen LogP contribution >= 0.6 is 0 Å². The van der Waals surface area contributed by atoms with E-state index in [2.05, 4.69) is 10.6 Å². The van der Waals surface area contributed by atoms with Crippen molar-refractivity contribution >= 4 is 17.5 Å². The van der Waals surface area contributed by atoms with Gasteiger partial charge in [-0.15, -0.1) is 0 Å². The summed E-state index contributed by atoms with van der Waals surface area (Å²) in [4.78, 5) is 25.1. The Morgan fingerprint density at radius 2 is 1.67 bits per heavy atom. The summed E-state index contributed by atoms with van der Waals surface area (Å²) in [5.41, 5.74) is 2.33. The van der Waals surface area contributed by atoms with Crippen LogP contribution in [-0.4, -0.2) is 18.6 Å². The highest BCUT2D eigenvalue weighted by atomic mass is 16.7. The van der Waals surface area contributed by atoms with Gasteiger partial charge in [0.1, 0.15) is 6.07 Å². The highest BCUT2D eigenvalue weighted by Crippen LogP contribution is 2.32. The quantitative estimate of drug-likeness (QED) is 0.684. The number of ether oxygens (including phenoxy) is 2. The lowest BCUT2D eigenvalue weighted by Crippen LogP contribution is -2.23. The number of hydrogen-bond acceptors (Lipinski definition) is 5. The number of anilines is 1. The highest BCUT2D eigenvalue weighted by Gasteiger charge is 2.15. The SMILES string of the molecule is N#Cc1ccccc1NC(=O)c1cccc(C(=O)NCc2ccc3c(c2)OCO3)c1. The van der Waals surface area contributed by atoms with E-state index in [-0.39, 0.29) is 12.7 Å². The number of rotatable bonds is 5. The van der Waals surface area contributed by atoms with Gasteiger partial charge in [0.25, 0.3) is 11.8 Å². The molecule has 0 bridgehead atoms. The lowest BCUT2D eigenvalue weighted by Gasteiger charge is -2.09. The Hall–Kier alpha value is -4.31. The fourth-order valence-corrected chi connectivity index (χ4v) is 3.02. The Morgan fingerprint density at radius 3 is 2.50 bits per heavy atom. The number of carbonyl (C=O) groups is 2. The number of carbonyl (C=O) groups excluding carboxylic acids is 2. The van der Waals surface area contributed by atoms with E-state index in [0.29, 0.717) is 40.4 Å². The number of nitrogens with zero attached hydrogens (tertiary/aromatic N) is 1. The molecule has 2 amide bonds. The van der Waals surface area contributed by atoms with Gasteiger partial charge in [0.15, 0.2) is 11.5 Å². The normalized spacial score (nSPS) is 11.4.